The van der Waals surface area contributed by atoms with E-state index >= 15 is 0 Å². The second-order valence-corrected chi connectivity index (χ2v) is 6.52. The van der Waals surface area contributed by atoms with E-state index in [-0.39, 0.29) is 11.6 Å². The zero-order chi connectivity index (χ0) is 19.6. The van der Waals surface area contributed by atoms with Gasteiger partial charge in [-0.25, -0.2) is 0 Å². The van der Waals surface area contributed by atoms with Crippen molar-refractivity contribution in [2.24, 2.45) is 11.8 Å². The van der Waals surface area contributed by atoms with E-state index in [4.69, 9.17) is 0 Å². The number of anilines is 2. The third-order valence-corrected chi connectivity index (χ3v) is 4.58. The fraction of sp³-hybridized carbons (Fsp3) is 0.300. The molecular weight excluding hydrogens is 357 g/mol. The van der Waals surface area contributed by atoms with Gasteiger partial charge in [-0.15, -0.1) is 0 Å². The largest absolute Gasteiger partial charge is 0.416 e. The van der Waals surface area contributed by atoms with E-state index in [9.17, 15) is 22.8 Å². The maximum Gasteiger partial charge on any atom is 0.416 e. The Bertz CT molecular complexity index is 864. The lowest BCUT2D eigenvalue weighted by molar-refractivity contribution is -0.137. The number of halogens is 3. The first-order valence-corrected chi connectivity index (χ1v) is 8.66. The number of alkyl halides is 3. The van der Waals surface area contributed by atoms with Gasteiger partial charge in [0, 0.05) is 11.4 Å². The van der Waals surface area contributed by atoms with Crippen molar-refractivity contribution in [3.05, 3.63) is 59.7 Å². The summed E-state index contributed by atoms with van der Waals surface area (Å²) in [6.45, 7) is 1.98. The fourth-order valence-corrected chi connectivity index (χ4v) is 2.96. The number of nitrogens with one attached hydrogen (secondary N) is 2. The van der Waals surface area contributed by atoms with Crippen LogP contribution in [0, 0.1) is 11.8 Å². The average molecular weight is 376 g/mol. The Morgan fingerprint density at radius 2 is 1.67 bits per heavy atom. The zero-order valence-electron chi connectivity index (χ0n) is 14.6. The van der Waals surface area contributed by atoms with E-state index in [0.717, 1.165) is 24.1 Å². The lowest BCUT2D eigenvalue weighted by atomic mass is 10.1. The van der Waals surface area contributed by atoms with Crippen molar-refractivity contribution in [1.29, 1.82) is 0 Å². The third kappa shape index (κ3) is 4.48. The number of hydrogen-bond acceptors (Lipinski definition) is 2. The van der Waals surface area contributed by atoms with Gasteiger partial charge in [-0.3, -0.25) is 9.59 Å². The molecule has 1 aliphatic carbocycles. The van der Waals surface area contributed by atoms with E-state index < -0.39 is 29.5 Å². The monoisotopic (exact) mass is 376 g/mol. The van der Waals surface area contributed by atoms with Gasteiger partial charge in [-0.05, 0) is 42.7 Å². The first kappa shape index (κ1) is 18.9. The Hall–Kier alpha value is -2.83. The number of benzene rings is 2. The summed E-state index contributed by atoms with van der Waals surface area (Å²) in [5.74, 6) is -1.70. The minimum Gasteiger partial charge on any atom is -0.326 e. The molecule has 4 nitrogen and oxygen atoms in total. The summed E-state index contributed by atoms with van der Waals surface area (Å²) in [6.07, 6.45) is -3.33. The van der Waals surface area contributed by atoms with Crippen LogP contribution in [-0.2, 0) is 22.2 Å². The van der Waals surface area contributed by atoms with Gasteiger partial charge in [-0.1, -0.05) is 31.2 Å². The number of para-hydroxylation sites is 1. The summed E-state index contributed by atoms with van der Waals surface area (Å²) in [6, 6.07) is 11.9. The van der Waals surface area contributed by atoms with Gasteiger partial charge in [0.1, 0.15) is 0 Å². The third-order valence-electron chi connectivity index (χ3n) is 4.58. The van der Waals surface area contributed by atoms with E-state index in [1.165, 1.54) is 12.1 Å². The van der Waals surface area contributed by atoms with Crippen LogP contribution in [0.4, 0.5) is 24.5 Å². The molecule has 2 atom stereocenters. The zero-order valence-corrected chi connectivity index (χ0v) is 14.6. The van der Waals surface area contributed by atoms with Gasteiger partial charge in [0.25, 0.3) is 0 Å². The molecule has 0 radical (unpaired) electrons. The van der Waals surface area contributed by atoms with Crippen LogP contribution < -0.4 is 10.6 Å². The molecule has 1 fully saturated rings. The molecule has 142 valence electrons. The van der Waals surface area contributed by atoms with Crippen LogP contribution >= 0.6 is 0 Å². The lowest BCUT2D eigenvalue weighted by Crippen LogP contribution is -2.21. The van der Waals surface area contributed by atoms with Crippen LogP contribution in [0.15, 0.2) is 48.5 Å². The van der Waals surface area contributed by atoms with Crippen LogP contribution in [0.25, 0.3) is 0 Å². The van der Waals surface area contributed by atoms with Gasteiger partial charge in [-0.2, -0.15) is 13.2 Å². The standard InChI is InChI=1S/C20H19F3N2O2/c1-2-12-6-3-4-9-17(12)25-19(27)16-11-15(16)18(26)24-14-8-5-7-13(10-14)20(21,22)23/h3-10,15-16H,2,11H2,1H3,(H,24,26)(H,25,27). The molecule has 0 bridgehead atoms. The summed E-state index contributed by atoms with van der Waals surface area (Å²) in [4.78, 5) is 24.6. The van der Waals surface area contributed by atoms with Crippen molar-refractivity contribution < 1.29 is 22.8 Å². The maximum absolute atomic E-state index is 12.7. The first-order chi connectivity index (χ1) is 12.8. The van der Waals surface area contributed by atoms with Gasteiger partial charge in [0.15, 0.2) is 0 Å². The second kappa shape index (κ2) is 7.42. The van der Waals surface area contributed by atoms with Gasteiger partial charge in [0.2, 0.25) is 11.8 Å². The number of amides is 2. The summed E-state index contributed by atoms with van der Waals surface area (Å²) in [7, 11) is 0. The SMILES string of the molecule is CCc1ccccc1NC(=O)C1CC1C(=O)Nc1cccc(C(F)(F)F)c1. The molecule has 0 aromatic heterocycles. The molecule has 0 aliphatic heterocycles. The summed E-state index contributed by atoms with van der Waals surface area (Å²) in [5, 5.41) is 5.30. The molecule has 27 heavy (non-hydrogen) atoms. The van der Waals surface area contributed by atoms with E-state index in [2.05, 4.69) is 10.6 Å². The second-order valence-electron chi connectivity index (χ2n) is 6.52. The molecule has 2 N–H and O–H groups in total. The number of aryl methyl sites for hydroxylation is 1. The predicted octanol–water partition coefficient (Wildman–Crippen LogP) is 4.48. The summed E-state index contributed by atoms with van der Waals surface area (Å²) >= 11 is 0. The van der Waals surface area contributed by atoms with Crippen LogP contribution in [0.3, 0.4) is 0 Å². The van der Waals surface area contributed by atoms with E-state index in [1.54, 1.807) is 6.07 Å². The lowest BCUT2D eigenvalue weighted by Gasteiger charge is -2.11. The van der Waals surface area contributed by atoms with Crippen molar-refractivity contribution in [2.45, 2.75) is 25.9 Å². The van der Waals surface area contributed by atoms with Crippen molar-refractivity contribution in [3.8, 4) is 0 Å². The van der Waals surface area contributed by atoms with Crippen molar-refractivity contribution in [2.75, 3.05) is 10.6 Å². The summed E-state index contributed by atoms with van der Waals surface area (Å²) in [5.41, 5.74) is 0.948. The topological polar surface area (TPSA) is 58.2 Å². The molecule has 2 aromatic carbocycles. The Balaban J connectivity index is 1.60. The predicted molar refractivity (Wildman–Crippen MR) is 96.1 cm³/mol. The Morgan fingerprint density at radius 1 is 1.00 bits per heavy atom. The quantitative estimate of drug-likeness (QED) is 0.808. The number of hydrogen-bond donors (Lipinski definition) is 2. The molecule has 0 saturated heterocycles. The van der Waals surface area contributed by atoms with Crippen molar-refractivity contribution in [1.82, 2.24) is 0 Å². The highest BCUT2D eigenvalue weighted by atomic mass is 19.4. The van der Waals surface area contributed by atoms with Crippen molar-refractivity contribution >= 4 is 23.2 Å². The number of rotatable bonds is 5. The molecule has 2 aromatic rings. The molecule has 0 heterocycles. The molecule has 3 rings (SSSR count). The highest BCUT2D eigenvalue weighted by Crippen LogP contribution is 2.40. The summed E-state index contributed by atoms with van der Waals surface area (Å²) < 4.78 is 38.2. The molecule has 2 unspecified atom stereocenters. The smallest absolute Gasteiger partial charge is 0.326 e. The first-order valence-electron chi connectivity index (χ1n) is 8.66. The van der Waals surface area contributed by atoms with Crippen molar-refractivity contribution in [3.63, 3.8) is 0 Å². The number of carbonyl (C=O) groups is 2. The Morgan fingerprint density at radius 3 is 2.33 bits per heavy atom. The molecule has 0 spiro atoms. The molecule has 2 amide bonds. The Labute approximate surface area is 154 Å². The molecule has 7 heteroatoms. The van der Waals surface area contributed by atoms with Crippen LogP contribution in [0.2, 0.25) is 0 Å². The average Bonchev–Trinajstić information content (AvgIpc) is 3.43. The number of carbonyl (C=O) groups excluding carboxylic acids is 2. The minimum absolute atomic E-state index is 0.0669. The Kier molecular flexibility index (Phi) is 5.21. The molecular formula is C20H19F3N2O2. The van der Waals surface area contributed by atoms with Gasteiger partial charge < -0.3 is 10.6 Å². The highest BCUT2D eigenvalue weighted by Gasteiger charge is 2.48. The van der Waals surface area contributed by atoms with Crippen LogP contribution in [0.5, 0.6) is 0 Å². The van der Waals surface area contributed by atoms with Gasteiger partial charge in [0.05, 0.1) is 17.4 Å². The van der Waals surface area contributed by atoms with Crippen LogP contribution in [0.1, 0.15) is 24.5 Å². The molecule has 1 aliphatic rings. The van der Waals surface area contributed by atoms with E-state index in [0.29, 0.717) is 12.1 Å². The minimum atomic E-state index is -4.48. The highest BCUT2D eigenvalue weighted by molar-refractivity contribution is 6.03. The molecule has 1 saturated carbocycles. The fourth-order valence-electron chi connectivity index (χ4n) is 2.96. The van der Waals surface area contributed by atoms with Gasteiger partial charge >= 0.3 is 6.18 Å². The normalized spacial score (nSPS) is 18.7. The van der Waals surface area contributed by atoms with E-state index in [1.807, 2.05) is 25.1 Å². The maximum atomic E-state index is 12.7. The van der Waals surface area contributed by atoms with Crippen LogP contribution in [-0.4, -0.2) is 11.8 Å².